The van der Waals surface area contributed by atoms with Crippen molar-refractivity contribution in [3.8, 4) is 0 Å². The Balaban J connectivity index is 1.90. The van der Waals surface area contributed by atoms with Gasteiger partial charge >= 0.3 is 0 Å². The monoisotopic (exact) mass is 327 g/mol. The Morgan fingerprint density at radius 1 is 1.23 bits per heavy atom. The quantitative estimate of drug-likeness (QED) is 0.796. The normalized spacial score (nSPS) is 17.8. The highest BCUT2D eigenvalue weighted by molar-refractivity contribution is 7.89. The molecule has 0 aliphatic carbocycles. The molecule has 6 nitrogen and oxygen atoms in total. The van der Waals surface area contributed by atoms with Crippen LogP contribution < -0.4 is 0 Å². The molecule has 0 radical (unpaired) electrons. The zero-order valence-corrected chi connectivity index (χ0v) is 14.4. The fraction of sp³-hybridized carbons (Fsp3) is 0.667. The molecule has 1 fully saturated rings. The lowest BCUT2D eigenvalue weighted by Gasteiger charge is -2.33. The Morgan fingerprint density at radius 2 is 1.86 bits per heavy atom. The van der Waals surface area contributed by atoms with E-state index in [2.05, 4.69) is 4.98 Å². The van der Waals surface area contributed by atoms with Crippen LogP contribution in [0.15, 0.2) is 6.07 Å². The molecule has 0 unspecified atom stereocenters. The third kappa shape index (κ3) is 3.97. The van der Waals surface area contributed by atoms with Gasteiger partial charge in [0.25, 0.3) is 0 Å². The zero-order valence-electron chi connectivity index (χ0n) is 13.6. The highest BCUT2D eigenvalue weighted by Crippen LogP contribution is 2.13. The highest BCUT2D eigenvalue weighted by atomic mass is 32.2. The molecule has 0 bridgehead atoms. The molecule has 0 atom stereocenters. The van der Waals surface area contributed by atoms with Gasteiger partial charge in [-0.05, 0) is 26.3 Å². The van der Waals surface area contributed by atoms with Crippen molar-refractivity contribution in [3.63, 3.8) is 0 Å². The maximum absolute atomic E-state index is 12.3. The van der Waals surface area contributed by atoms with Crippen molar-refractivity contribution >= 4 is 15.8 Å². The minimum Gasteiger partial charge on any atom is -0.362 e. The highest BCUT2D eigenvalue weighted by Gasteiger charge is 2.27. The van der Waals surface area contributed by atoms with Crippen LogP contribution in [0.4, 0.5) is 0 Å². The van der Waals surface area contributed by atoms with Crippen LogP contribution in [0.5, 0.6) is 0 Å². The fourth-order valence-corrected chi connectivity index (χ4v) is 4.35. The number of nitrogens with zero attached hydrogens (tertiary/aromatic N) is 2. The van der Waals surface area contributed by atoms with Crippen molar-refractivity contribution < 1.29 is 13.2 Å². The molecule has 1 N–H and O–H groups in total. The van der Waals surface area contributed by atoms with Crippen LogP contribution in [-0.4, -0.2) is 66.9 Å². The predicted octanol–water partition coefficient (Wildman–Crippen LogP) is 1.17. The molecule has 1 aliphatic rings. The number of ketones is 1. The van der Waals surface area contributed by atoms with Gasteiger partial charge in [0, 0.05) is 43.1 Å². The van der Waals surface area contributed by atoms with Gasteiger partial charge in [0.1, 0.15) is 0 Å². The van der Waals surface area contributed by atoms with Gasteiger partial charge in [0.15, 0.2) is 5.78 Å². The number of piperazine rings is 1. The van der Waals surface area contributed by atoms with Crippen molar-refractivity contribution in [1.29, 1.82) is 0 Å². The molecule has 0 saturated carbocycles. The number of rotatable bonds is 6. The van der Waals surface area contributed by atoms with Crippen LogP contribution in [0.3, 0.4) is 0 Å². The molecule has 1 aromatic rings. The van der Waals surface area contributed by atoms with E-state index in [4.69, 9.17) is 0 Å². The Kier molecular flexibility index (Phi) is 5.41. The number of Topliss-reactive ketones (excluding diaryl/α,β-unsaturated/α-hetero) is 1. The molecule has 1 aromatic heterocycles. The van der Waals surface area contributed by atoms with Gasteiger partial charge in [0.2, 0.25) is 10.0 Å². The largest absolute Gasteiger partial charge is 0.362 e. The maximum Gasteiger partial charge on any atom is 0.214 e. The second-order valence-electron chi connectivity index (χ2n) is 5.91. The van der Waals surface area contributed by atoms with Crippen molar-refractivity contribution in [1.82, 2.24) is 14.2 Å². The second-order valence-corrected chi connectivity index (χ2v) is 7.99. The summed E-state index contributed by atoms with van der Waals surface area (Å²) in [7, 11) is -3.12. The molecule has 22 heavy (non-hydrogen) atoms. The van der Waals surface area contributed by atoms with E-state index in [1.54, 1.807) is 4.31 Å². The van der Waals surface area contributed by atoms with Gasteiger partial charge in [-0.1, -0.05) is 6.92 Å². The van der Waals surface area contributed by atoms with Gasteiger partial charge in [-0.3, -0.25) is 9.69 Å². The second kappa shape index (κ2) is 6.93. The molecule has 0 spiro atoms. The molecule has 124 valence electrons. The van der Waals surface area contributed by atoms with E-state index in [0.29, 0.717) is 39.1 Å². The SMILES string of the molecule is CCCS(=O)(=O)N1CCN(CC(=O)c2cc(C)[nH]c2C)CC1. The van der Waals surface area contributed by atoms with E-state index in [1.165, 1.54) is 0 Å². The van der Waals surface area contributed by atoms with Gasteiger partial charge in [-0.2, -0.15) is 4.31 Å². The number of aromatic amines is 1. The first-order valence-corrected chi connectivity index (χ1v) is 9.34. The molecule has 2 rings (SSSR count). The summed E-state index contributed by atoms with van der Waals surface area (Å²) in [6.07, 6.45) is 0.632. The molecule has 1 aliphatic heterocycles. The van der Waals surface area contributed by atoms with E-state index >= 15 is 0 Å². The van der Waals surface area contributed by atoms with Gasteiger partial charge < -0.3 is 4.98 Å². The van der Waals surface area contributed by atoms with Crippen LogP contribution >= 0.6 is 0 Å². The van der Waals surface area contributed by atoms with Crippen LogP contribution in [0, 0.1) is 13.8 Å². The number of sulfonamides is 1. The van der Waals surface area contributed by atoms with Crippen LogP contribution in [-0.2, 0) is 10.0 Å². The molecule has 0 amide bonds. The number of H-pyrrole nitrogens is 1. The topological polar surface area (TPSA) is 73.5 Å². The first kappa shape index (κ1) is 17.2. The minimum absolute atomic E-state index is 0.0896. The first-order chi connectivity index (χ1) is 10.3. The average molecular weight is 327 g/mol. The Morgan fingerprint density at radius 3 is 2.36 bits per heavy atom. The summed E-state index contributed by atoms with van der Waals surface area (Å²) in [5.74, 6) is 0.292. The van der Waals surface area contributed by atoms with Crippen molar-refractivity contribution in [2.24, 2.45) is 0 Å². The van der Waals surface area contributed by atoms with Crippen molar-refractivity contribution in [3.05, 3.63) is 23.0 Å². The van der Waals surface area contributed by atoms with Gasteiger partial charge in [-0.25, -0.2) is 8.42 Å². The number of carbonyl (C=O) groups excluding carboxylic acids is 1. The zero-order chi connectivity index (χ0) is 16.3. The Hall–Kier alpha value is -1.18. The summed E-state index contributed by atoms with van der Waals surface area (Å²) in [5.41, 5.74) is 2.61. The number of nitrogens with one attached hydrogen (secondary N) is 1. The number of hydrogen-bond acceptors (Lipinski definition) is 4. The Labute approximate surface area is 132 Å². The average Bonchev–Trinajstić information content (AvgIpc) is 2.78. The summed E-state index contributed by atoms with van der Waals surface area (Å²) in [6.45, 7) is 8.21. The summed E-state index contributed by atoms with van der Waals surface area (Å²) >= 11 is 0. The summed E-state index contributed by atoms with van der Waals surface area (Å²) in [4.78, 5) is 17.5. The van der Waals surface area contributed by atoms with E-state index in [-0.39, 0.29) is 11.5 Å². The molecule has 7 heteroatoms. The minimum atomic E-state index is -3.12. The van der Waals surface area contributed by atoms with Gasteiger partial charge in [-0.15, -0.1) is 0 Å². The smallest absolute Gasteiger partial charge is 0.214 e. The number of aromatic nitrogens is 1. The van der Waals surface area contributed by atoms with Gasteiger partial charge in [0.05, 0.1) is 12.3 Å². The van der Waals surface area contributed by atoms with Crippen molar-refractivity contribution in [2.45, 2.75) is 27.2 Å². The van der Waals surface area contributed by atoms with Crippen molar-refractivity contribution in [2.75, 3.05) is 38.5 Å². The van der Waals surface area contributed by atoms with E-state index in [9.17, 15) is 13.2 Å². The Bertz CT molecular complexity index is 628. The lowest BCUT2D eigenvalue weighted by Crippen LogP contribution is -2.50. The lowest BCUT2D eigenvalue weighted by molar-refractivity contribution is 0.0901. The summed E-state index contributed by atoms with van der Waals surface area (Å²) in [5, 5.41) is 0. The number of carbonyl (C=O) groups is 1. The van der Waals surface area contributed by atoms with Crippen LogP contribution in [0.2, 0.25) is 0 Å². The third-order valence-electron chi connectivity index (χ3n) is 4.00. The summed E-state index contributed by atoms with van der Waals surface area (Å²) in [6, 6.07) is 1.87. The molecule has 2 heterocycles. The van der Waals surface area contributed by atoms with E-state index < -0.39 is 10.0 Å². The number of aryl methyl sites for hydroxylation is 2. The van der Waals surface area contributed by atoms with E-state index in [0.717, 1.165) is 17.0 Å². The maximum atomic E-state index is 12.3. The first-order valence-electron chi connectivity index (χ1n) is 7.73. The standard InChI is InChI=1S/C15H25N3O3S/c1-4-9-22(20,21)18-7-5-17(6-8-18)11-15(19)14-10-12(2)16-13(14)3/h10,16H,4-9,11H2,1-3H3. The number of hydrogen-bond donors (Lipinski definition) is 1. The molecular formula is C15H25N3O3S. The fourth-order valence-electron chi connectivity index (χ4n) is 2.85. The van der Waals surface area contributed by atoms with Crippen LogP contribution in [0.25, 0.3) is 0 Å². The molecule has 0 aromatic carbocycles. The van der Waals surface area contributed by atoms with Crippen LogP contribution in [0.1, 0.15) is 35.1 Å². The summed E-state index contributed by atoms with van der Waals surface area (Å²) < 4.78 is 25.6. The lowest BCUT2D eigenvalue weighted by atomic mass is 10.1. The predicted molar refractivity (Wildman–Crippen MR) is 86.7 cm³/mol. The molecule has 1 saturated heterocycles. The molecular weight excluding hydrogens is 302 g/mol. The van der Waals surface area contributed by atoms with E-state index in [1.807, 2.05) is 31.7 Å². The third-order valence-corrected chi connectivity index (χ3v) is 6.08.